The van der Waals surface area contributed by atoms with Crippen molar-refractivity contribution in [2.24, 2.45) is 0 Å². The van der Waals surface area contributed by atoms with Crippen LogP contribution in [0.3, 0.4) is 0 Å². The molecule has 0 aliphatic carbocycles. The van der Waals surface area contributed by atoms with Gasteiger partial charge in [0, 0.05) is 0 Å². The second kappa shape index (κ2) is 3.40. The van der Waals surface area contributed by atoms with Crippen LogP contribution >= 0.6 is 0 Å². The summed E-state index contributed by atoms with van der Waals surface area (Å²) in [5.74, 6) is -0.153. The Labute approximate surface area is 64.1 Å². The monoisotopic (exact) mass is 188 g/mol. The molecular weight excluding hydrogens is 177 g/mol. The molecule has 0 aliphatic rings. The first-order valence-electron chi connectivity index (χ1n) is 2.27. The van der Waals surface area contributed by atoms with Gasteiger partial charge < -0.3 is 10.2 Å². The Morgan fingerprint density at radius 3 is 1.44 bits per heavy atom. The Morgan fingerprint density at radius 2 is 1.22 bits per heavy atom. The molecule has 0 aliphatic heterocycles. The molecule has 0 fully saturated rings. The molecule has 0 aromatic heterocycles. The molecule has 3 heteroatoms. The maximum atomic E-state index is 8.67. The number of para-hydroxylation sites is 2. The Hall–Kier alpha value is -0.637. The van der Waals surface area contributed by atoms with Crippen LogP contribution in [0, 0.1) is 0 Å². The number of phenolic OH excluding ortho intramolecular Hbond substituents is 2. The van der Waals surface area contributed by atoms with Crippen molar-refractivity contribution in [2.45, 2.75) is 0 Å². The van der Waals surface area contributed by atoms with Gasteiger partial charge >= 0.3 is 17.6 Å². The quantitative estimate of drug-likeness (QED) is 0.430. The Morgan fingerprint density at radius 1 is 0.889 bits per heavy atom. The van der Waals surface area contributed by atoms with Gasteiger partial charge in [-0.2, -0.15) is 0 Å². The average molecular weight is 187 g/mol. The number of aromatic hydroxyl groups is 2. The number of phenols is 2. The molecule has 0 unspecified atom stereocenters. The number of rotatable bonds is 0. The van der Waals surface area contributed by atoms with Crippen LogP contribution < -0.4 is 0 Å². The van der Waals surface area contributed by atoms with Crippen LogP contribution in [-0.4, -0.2) is 27.8 Å². The summed E-state index contributed by atoms with van der Waals surface area (Å²) in [5, 5.41) is 17.3. The topological polar surface area (TPSA) is 40.5 Å². The van der Waals surface area contributed by atoms with Crippen LogP contribution in [0.1, 0.15) is 0 Å². The van der Waals surface area contributed by atoms with Gasteiger partial charge in [-0.1, -0.05) is 12.1 Å². The van der Waals surface area contributed by atoms with E-state index in [1.54, 1.807) is 12.1 Å². The molecular formula is C6H10GeO2. The average Bonchev–Trinajstić information content (AvgIpc) is 1.77. The van der Waals surface area contributed by atoms with Crippen molar-refractivity contribution in [2.75, 3.05) is 0 Å². The summed E-state index contributed by atoms with van der Waals surface area (Å²) in [7, 11) is 0. The second-order valence-electron chi connectivity index (χ2n) is 1.49. The molecule has 0 amide bonds. The molecule has 0 bridgehead atoms. The van der Waals surface area contributed by atoms with Gasteiger partial charge in [0.15, 0.2) is 11.5 Å². The first-order valence-corrected chi connectivity index (χ1v) is 2.27. The van der Waals surface area contributed by atoms with Gasteiger partial charge in [0.1, 0.15) is 0 Å². The van der Waals surface area contributed by atoms with Crippen molar-refractivity contribution in [1.82, 2.24) is 0 Å². The van der Waals surface area contributed by atoms with Crippen LogP contribution in [0.25, 0.3) is 0 Å². The predicted molar refractivity (Wildman–Crippen MR) is 41.1 cm³/mol. The van der Waals surface area contributed by atoms with Crippen molar-refractivity contribution in [3.05, 3.63) is 24.3 Å². The third-order valence-electron chi connectivity index (χ3n) is 0.882. The minimum atomic E-state index is -0.0764. The molecule has 1 rings (SSSR count). The summed E-state index contributed by atoms with van der Waals surface area (Å²) >= 11 is 0. The summed E-state index contributed by atoms with van der Waals surface area (Å²) in [6.07, 6.45) is 0. The Kier molecular flexibility index (Phi) is 3.16. The van der Waals surface area contributed by atoms with E-state index < -0.39 is 0 Å². The zero-order valence-electron chi connectivity index (χ0n) is 4.20. The van der Waals surface area contributed by atoms with E-state index in [2.05, 4.69) is 0 Å². The van der Waals surface area contributed by atoms with Crippen molar-refractivity contribution in [3.63, 3.8) is 0 Å². The molecule has 1 aromatic rings. The molecule has 2 N–H and O–H groups in total. The Balaban J connectivity index is 0.000000640. The van der Waals surface area contributed by atoms with E-state index in [-0.39, 0.29) is 29.1 Å². The molecule has 0 heterocycles. The normalized spacial score (nSPS) is 8.00. The van der Waals surface area contributed by atoms with Gasteiger partial charge in [0.05, 0.1) is 0 Å². The zero-order chi connectivity index (χ0) is 5.98. The van der Waals surface area contributed by atoms with E-state index in [4.69, 9.17) is 10.2 Å². The standard InChI is InChI=1S/C6H6O2.GeH4/c7-5-3-1-2-4-6(5)8;/h1-4,7-8H;1H4. The first kappa shape index (κ1) is 8.36. The van der Waals surface area contributed by atoms with E-state index >= 15 is 0 Å². The fourth-order valence-electron chi connectivity index (χ4n) is 0.464. The Bertz CT molecular complexity index is 167. The number of hydrogen-bond donors (Lipinski definition) is 2. The van der Waals surface area contributed by atoms with Gasteiger partial charge in [0.25, 0.3) is 0 Å². The third kappa shape index (κ3) is 1.97. The van der Waals surface area contributed by atoms with Gasteiger partial charge in [-0.05, 0) is 12.1 Å². The molecule has 1 aromatic carbocycles. The summed E-state index contributed by atoms with van der Waals surface area (Å²) in [5.41, 5.74) is 0. The van der Waals surface area contributed by atoms with Crippen LogP contribution in [0.5, 0.6) is 11.5 Å². The molecule has 0 saturated carbocycles. The van der Waals surface area contributed by atoms with Crippen molar-refractivity contribution in [3.8, 4) is 11.5 Å². The van der Waals surface area contributed by atoms with E-state index in [0.717, 1.165) is 0 Å². The van der Waals surface area contributed by atoms with Gasteiger partial charge in [-0.15, -0.1) is 0 Å². The van der Waals surface area contributed by atoms with Crippen LogP contribution in [-0.2, 0) is 0 Å². The first-order chi connectivity index (χ1) is 3.80. The molecule has 50 valence electrons. The minimum absolute atomic E-state index is 0. The van der Waals surface area contributed by atoms with Crippen LogP contribution in [0.15, 0.2) is 24.3 Å². The summed E-state index contributed by atoms with van der Waals surface area (Å²) < 4.78 is 0. The van der Waals surface area contributed by atoms with Crippen molar-refractivity contribution >= 4 is 17.6 Å². The van der Waals surface area contributed by atoms with E-state index in [1.807, 2.05) is 0 Å². The fourth-order valence-corrected chi connectivity index (χ4v) is 0.464. The second-order valence-corrected chi connectivity index (χ2v) is 1.49. The maximum absolute atomic E-state index is 8.67. The van der Waals surface area contributed by atoms with Crippen molar-refractivity contribution < 1.29 is 10.2 Å². The third-order valence-corrected chi connectivity index (χ3v) is 0.882. The predicted octanol–water partition coefficient (Wildman–Crippen LogP) is -0.354. The van der Waals surface area contributed by atoms with Crippen molar-refractivity contribution in [1.29, 1.82) is 0 Å². The van der Waals surface area contributed by atoms with Gasteiger partial charge in [-0.25, -0.2) is 0 Å². The molecule has 0 saturated heterocycles. The SMILES string of the molecule is Oc1ccccc1O.[GeH4]. The molecule has 2 nitrogen and oxygen atoms in total. The summed E-state index contributed by atoms with van der Waals surface area (Å²) in [6, 6.07) is 6.15. The molecule has 0 atom stereocenters. The van der Waals surface area contributed by atoms with E-state index in [1.165, 1.54) is 12.1 Å². The van der Waals surface area contributed by atoms with Crippen LogP contribution in [0.4, 0.5) is 0 Å². The van der Waals surface area contributed by atoms with E-state index in [9.17, 15) is 0 Å². The fraction of sp³-hybridized carbons (Fsp3) is 0. The number of hydrogen-bond acceptors (Lipinski definition) is 2. The summed E-state index contributed by atoms with van der Waals surface area (Å²) in [6.45, 7) is 0. The molecule has 0 spiro atoms. The van der Waals surface area contributed by atoms with Gasteiger partial charge in [-0.3, -0.25) is 0 Å². The van der Waals surface area contributed by atoms with E-state index in [0.29, 0.717) is 0 Å². The van der Waals surface area contributed by atoms with Gasteiger partial charge in [0.2, 0.25) is 0 Å². The molecule has 0 radical (unpaired) electrons. The summed E-state index contributed by atoms with van der Waals surface area (Å²) in [4.78, 5) is 0. The number of benzene rings is 1. The molecule has 9 heavy (non-hydrogen) atoms. The zero-order valence-corrected chi connectivity index (χ0v) is 4.20. The van der Waals surface area contributed by atoms with Crippen LogP contribution in [0.2, 0.25) is 0 Å².